The van der Waals surface area contributed by atoms with Crippen LogP contribution in [0.5, 0.6) is 0 Å². The lowest BCUT2D eigenvalue weighted by Gasteiger charge is -1.94. The molecule has 0 saturated carbocycles. The maximum Gasteiger partial charge on any atom is 0.0502 e. The molecule has 7 heavy (non-hydrogen) atoms. The molecule has 2 N–H and O–H groups in total. The molecule has 2 nitrogen and oxygen atoms in total. The van der Waals surface area contributed by atoms with Crippen molar-refractivity contribution in [3.63, 3.8) is 0 Å². The Hall–Kier alpha value is 0.270. The summed E-state index contributed by atoms with van der Waals surface area (Å²) in [7, 11) is 0. The molecular formula is C4H12O2S. The molecular weight excluding hydrogens is 112 g/mol. The third-order valence-corrected chi connectivity index (χ3v) is 1.73. The van der Waals surface area contributed by atoms with E-state index >= 15 is 0 Å². The molecule has 3 heteroatoms. The average Bonchev–Trinajstić information content (AvgIpc) is 1.69. The van der Waals surface area contributed by atoms with Crippen LogP contribution in [0.2, 0.25) is 0 Å². The second-order valence-corrected chi connectivity index (χ2v) is 2.70. The van der Waals surface area contributed by atoms with Crippen LogP contribution in [-0.4, -0.2) is 34.9 Å². The van der Waals surface area contributed by atoms with Crippen molar-refractivity contribution < 1.29 is 10.2 Å². The summed E-state index contributed by atoms with van der Waals surface area (Å²) >= 11 is 0.732. The molecule has 0 aliphatic rings. The summed E-state index contributed by atoms with van der Waals surface area (Å²) in [5.41, 5.74) is 0. The van der Waals surface area contributed by atoms with Gasteiger partial charge in [-0.3, -0.25) is 11.8 Å². The van der Waals surface area contributed by atoms with Crippen molar-refractivity contribution in [1.82, 2.24) is 0 Å². The Bertz CT molecular complexity index is 28.9. The number of aliphatic hydroxyl groups is 2. The first kappa shape index (κ1) is 7.27. The van der Waals surface area contributed by atoms with E-state index in [2.05, 4.69) is 0 Å². The molecule has 0 unspecified atom stereocenters. The maximum atomic E-state index is 8.22. The summed E-state index contributed by atoms with van der Waals surface area (Å²) in [6.07, 6.45) is 0. The molecule has 0 atom stereocenters. The van der Waals surface area contributed by atoms with Gasteiger partial charge in [0.25, 0.3) is 0 Å². The van der Waals surface area contributed by atoms with E-state index in [4.69, 9.17) is 10.2 Å². The molecule has 46 valence electrons. The standard InChI is InChI=1S/C4H12O2S/c5-1-3-7-4-2-6/h5-6H,1-4,7H2. The van der Waals surface area contributed by atoms with E-state index in [1.165, 1.54) is 0 Å². The van der Waals surface area contributed by atoms with Gasteiger partial charge in [-0.15, -0.1) is 0 Å². The summed E-state index contributed by atoms with van der Waals surface area (Å²) in [6.45, 7) is 0.525. The van der Waals surface area contributed by atoms with Crippen LogP contribution in [0, 0.1) is 0 Å². The molecule has 0 spiro atoms. The van der Waals surface area contributed by atoms with Crippen LogP contribution in [-0.2, 0) is 0 Å². The minimum absolute atomic E-state index is 0.262. The molecule has 0 saturated heterocycles. The molecule has 0 rings (SSSR count). The van der Waals surface area contributed by atoms with E-state index in [0.717, 1.165) is 23.3 Å². The van der Waals surface area contributed by atoms with Gasteiger partial charge in [0.2, 0.25) is 0 Å². The number of rotatable bonds is 4. The predicted octanol–water partition coefficient (Wildman–Crippen LogP) is -0.831. The molecule has 0 heterocycles. The van der Waals surface area contributed by atoms with Crippen molar-refractivity contribution in [3.05, 3.63) is 0 Å². The smallest absolute Gasteiger partial charge is 0.0502 e. The van der Waals surface area contributed by atoms with Crippen LogP contribution in [0.1, 0.15) is 0 Å². The van der Waals surface area contributed by atoms with Gasteiger partial charge in [-0.25, -0.2) is 0 Å². The third-order valence-electron chi connectivity index (χ3n) is 0.577. The minimum Gasteiger partial charge on any atom is -0.396 e. The normalized spacial score (nSPS) is 10.0. The number of hydrogen-bond donors (Lipinski definition) is 2. The van der Waals surface area contributed by atoms with Gasteiger partial charge >= 0.3 is 0 Å². The van der Waals surface area contributed by atoms with Gasteiger partial charge in [0.15, 0.2) is 0 Å². The summed E-state index contributed by atoms with van der Waals surface area (Å²) in [6, 6.07) is 0. The molecule has 0 aromatic rings. The highest BCUT2D eigenvalue weighted by Gasteiger charge is 1.78. The van der Waals surface area contributed by atoms with Crippen LogP contribution in [0.25, 0.3) is 0 Å². The Labute approximate surface area is 47.5 Å². The van der Waals surface area contributed by atoms with Crippen molar-refractivity contribution in [2.24, 2.45) is 0 Å². The summed E-state index contributed by atoms with van der Waals surface area (Å²) in [4.78, 5) is 0. The summed E-state index contributed by atoms with van der Waals surface area (Å²) in [5, 5.41) is 16.4. The van der Waals surface area contributed by atoms with Crippen molar-refractivity contribution in [3.8, 4) is 0 Å². The Morgan fingerprint density at radius 3 is 1.71 bits per heavy atom. The Morgan fingerprint density at radius 2 is 1.43 bits per heavy atom. The monoisotopic (exact) mass is 124 g/mol. The zero-order valence-corrected chi connectivity index (χ0v) is 5.22. The first-order chi connectivity index (χ1) is 3.41. The van der Waals surface area contributed by atoms with Gasteiger partial charge in [-0.1, -0.05) is 0 Å². The lowest BCUT2D eigenvalue weighted by molar-refractivity contribution is 0.318. The van der Waals surface area contributed by atoms with E-state index in [1.807, 2.05) is 0 Å². The molecule has 0 aromatic heterocycles. The van der Waals surface area contributed by atoms with Crippen LogP contribution in [0.3, 0.4) is 0 Å². The second kappa shape index (κ2) is 6.27. The molecule has 0 fully saturated rings. The fourth-order valence-electron chi connectivity index (χ4n) is 0.283. The van der Waals surface area contributed by atoms with E-state index in [0.29, 0.717) is 0 Å². The van der Waals surface area contributed by atoms with Crippen LogP contribution in [0.4, 0.5) is 0 Å². The molecule has 0 bridgehead atoms. The molecule has 0 radical (unpaired) electrons. The van der Waals surface area contributed by atoms with Gasteiger partial charge in [0.05, 0.1) is 13.2 Å². The second-order valence-electron chi connectivity index (χ2n) is 1.20. The Kier molecular flexibility index (Phi) is 6.51. The Balaban J connectivity index is 2.45. The van der Waals surface area contributed by atoms with Gasteiger partial charge < -0.3 is 10.2 Å². The van der Waals surface area contributed by atoms with Crippen molar-refractivity contribution in [2.45, 2.75) is 0 Å². The summed E-state index contributed by atoms with van der Waals surface area (Å²) < 4.78 is 0. The van der Waals surface area contributed by atoms with Gasteiger partial charge in [0, 0.05) is 0 Å². The van der Waals surface area contributed by atoms with Crippen LogP contribution in [0.15, 0.2) is 0 Å². The zero-order chi connectivity index (χ0) is 5.54. The van der Waals surface area contributed by atoms with Crippen molar-refractivity contribution in [1.29, 1.82) is 0 Å². The SMILES string of the molecule is OCC[SH2]CCO. The average molecular weight is 124 g/mol. The van der Waals surface area contributed by atoms with Crippen LogP contribution < -0.4 is 0 Å². The van der Waals surface area contributed by atoms with E-state index in [1.54, 1.807) is 0 Å². The van der Waals surface area contributed by atoms with E-state index in [9.17, 15) is 0 Å². The molecule has 0 aliphatic carbocycles. The van der Waals surface area contributed by atoms with Crippen molar-refractivity contribution >= 4 is 11.8 Å². The van der Waals surface area contributed by atoms with E-state index < -0.39 is 0 Å². The number of hydrogen-bond acceptors (Lipinski definition) is 2. The van der Waals surface area contributed by atoms with Gasteiger partial charge in [-0.2, -0.15) is 0 Å². The predicted molar refractivity (Wildman–Crippen MR) is 34.3 cm³/mol. The highest BCUT2D eigenvalue weighted by atomic mass is 32.2. The zero-order valence-electron chi connectivity index (χ0n) is 4.22. The lowest BCUT2D eigenvalue weighted by atomic mass is 10.9. The quantitative estimate of drug-likeness (QED) is 0.480. The van der Waals surface area contributed by atoms with Gasteiger partial charge in [-0.05, 0) is 11.5 Å². The van der Waals surface area contributed by atoms with Gasteiger partial charge in [0.1, 0.15) is 0 Å². The maximum absolute atomic E-state index is 8.22. The van der Waals surface area contributed by atoms with Crippen molar-refractivity contribution in [2.75, 3.05) is 24.7 Å². The largest absolute Gasteiger partial charge is 0.396 e. The fraction of sp³-hybridized carbons (Fsp3) is 1.00. The fourth-order valence-corrected chi connectivity index (χ4v) is 0.849. The highest BCUT2D eigenvalue weighted by molar-refractivity contribution is 7.99. The highest BCUT2D eigenvalue weighted by Crippen LogP contribution is 1.94. The summed E-state index contributed by atoms with van der Waals surface area (Å²) in [5.74, 6) is 1.70. The molecule has 0 amide bonds. The third kappa shape index (κ3) is 6.27. The topological polar surface area (TPSA) is 40.5 Å². The first-order valence-electron chi connectivity index (χ1n) is 2.34. The Morgan fingerprint density at radius 1 is 1.00 bits per heavy atom. The molecule has 0 aliphatic heterocycles. The first-order valence-corrected chi connectivity index (χ1v) is 3.75. The lowest BCUT2D eigenvalue weighted by Crippen LogP contribution is -1.91. The van der Waals surface area contributed by atoms with E-state index in [-0.39, 0.29) is 13.2 Å². The van der Waals surface area contributed by atoms with Crippen LogP contribution >= 0.6 is 11.8 Å². The number of aliphatic hydroxyl groups excluding tert-OH is 2. The molecule has 0 aromatic carbocycles. The minimum atomic E-state index is 0.262.